The van der Waals surface area contributed by atoms with Crippen LogP contribution in [0, 0.1) is 0 Å². The Hall–Kier alpha value is -1.22. The minimum absolute atomic E-state index is 0.332. The normalized spacial score (nSPS) is 22.1. The number of benzene rings is 1. The smallest absolute Gasteiger partial charge is 0.117 e. The molecular formula is C14H22N2O. The molecule has 2 N–H and O–H groups in total. The van der Waals surface area contributed by atoms with Gasteiger partial charge in [0.2, 0.25) is 0 Å². The Balaban J connectivity index is 1.90. The van der Waals surface area contributed by atoms with E-state index in [2.05, 4.69) is 17.1 Å². The summed E-state index contributed by atoms with van der Waals surface area (Å²) in [7, 11) is 0. The average Bonchev–Trinajstić information content (AvgIpc) is 2.54. The zero-order chi connectivity index (χ0) is 12.1. The van der Waals surface area contributed by atoms with Crippen LogP contribution in [0.15, 0.2) is 24.3 Å². The van der Waals surface area contributed by atoms with Crippen molar-refractivity contribution in [1.29, 1.82) is 0 Å². The first-order chi connectivity index (χ1) is 8.28. The fourth-order valence-electron chi connectivity index (χ4n) is 2.45. The molecule has 1 aliphatic heterocycles. The van der Waals surface area contributed by atoms with Gasteiger partial charge in [-0.1, -0.05) is 13.0 Å². The Bertz CT molecular complexity index is 354. The molecule has 1 aromatic carbocycles. The van der Waals surface area contributed by atoms with Crippen molar-refractivity contribution >= 4 is 5.69 Å². The number of rotatable bonds is 3. The Morgan fingerprint density at radius 2 is 2.24 bits per heavy atom. The Kier molecular flexibility index (Phi) is 4.26. The quantitative estimate of drug-likeness (QED) is 0.844. The number of likely N-dealkylation sites (tertiary alicyclic amines) is 1. The lowest BCUT2D eigenvalue weighted by Gasteiger charge is -2.19. The maximum atomic E-state index is 9.43. The number of phenolic OH excluding ortho intramolecular Hbond substituents is 1. The molecule has 0 bridgehead atoms. The lowest BCUT2D eigenvalue weighted by atomic mass is 10.1. The summed E-state index contributed by atoms with van der Waals surface area (Å²) in [4.78, 5) is 2.50. The van der Waals surface area contributed by atoms with Crippen LogP contribution in [0.1, 0.15) is 26.2 Å². The number of anilines is 1. The zero-order valence-electron chi connectivity index (χ0n) is 10.5. The van der Waals surface area contributed by atoms with Gasteiger partial charge >= 0.3 is 0 Å². The van der Waals surface area contributed by atoms with E-state index in [0.29, 0.717) is 11.8 Å². The number of hydrogen-bond acceptors (Lipinski definition) is 3. The van der Waals surface area contributed by atoms with Crippen molar-refractivity contribution in [2.75, 3.05) is 25.0 Å². The number of nitrogens with zero attached hydrogens (tertiary/aromatic N) is 1. The second-order valence-electron chi connectivity index (χ2n) is 4.76. The third kappa shape index (κ3) is 3.63. The van der Waals surface area contributed by atoms with E-state index >= 15 is 0 Å². The van der Waals surface area contributed by atoms with Gasteiger partial charge in [-0.2, -0.15) is 0 Å². The highest BCUT2D eigenvalue weighted by molar-refractivity contribution is 5.48. The molecule has 0 aromatic heterocycles. The molecule has 1 saturated heterocycles. The lowest BCUT2D eigenvalue weighted by Crippen LogP contribution is -2.26. The van der Waals surface area contributed by atoms with Crippen molar-refractivity contribution in [1.82, 2.24) is 4.90 Å². The molecular weight excluding hydrogens is 212 g/mol. The Labute approximate surface area is 103 Å². The fourth-order valence-corrected chi connectivity index (χ4v) is 2.45. The molecule has 1 atom stereocenters. The van der Waals surface area contributed by atoms with Gasteiger partial charge in [0.05, 0.1) is 0 Å². The fraction of sp³-hybridized carbons (Fsp3) is 0.571. The first kappa shape index (κ1) is 12.2. The summed E-state index contributed by atoms with van der Waals surface area (Å²) in [6.07, 6.45) is 3.65. The van der Waals surface area contributed by atoms with Crippen LogP contribution in [0.4, 0.5) is 5.69 Å². The Morgan fingerprint density at radius 1 is 1.35 bits per heavy atom. The van der Waals surface area contributed by atoms with Gasteiger partial charge in [-0.25, -0.2) is 0 Å². The number of phenols is 1. The van der Waals surface area contributed by atoms with Gasteiger partial charge in [-0.3, -0.25) is 0 Å². The predicted octanol–water partition coefficient (Wildman–Crippen LogP) is 2.68. The van der Waals surface area contributed by atoms with Crippen molar-refractivity contribution in [2.45, 2.75) is 32.2 Å². The lowest BCUT2D eigenvalue weighted by molar-refractivity contribution is 0.300. The summed E-state index contributed by atoms with van der Waals surface area (Å²) < 4.78 is 0. The average molecular weight is 234 g/mol. The largest absolute Gasteiger partial charge is 0.508 e. The van der Waals surface area contributed by atoms with Crippen LogP contribution in [0.5, 0.6) is 5.75 Å². The molecule has 1 heterocycles. The van der Waals surface area contributed by atoms with Gasteiger partial charge in [0.1, 0.15) is 5.75 Å². The molecule has 1 fully saturated rings. The number of aromatic hydroxyl groups is 1. The molecule has 17 heavy (non-hydrogen) atoms. The van der Waals surface area contributed by atoms with Gasteiger partial charge in [0.15, 0.2) is 0 Å². The zero-order valence-corrected chi connectivity index (χ0v) is 10.5. The highest BCUT2D eigenvalue weighted by Crippen LogP contribution is 2.20. The molecule has 3 heteroatoms. The monoisotopic (exact) mass is 234 g/mol. The standard InChI is InChI=1S/C14H22N2O/c1-2-16-9-4-6-12(8-10-16)15-13-5-3-7-14(17)11-13/h3,5,7,11-12,15,17H,2,4,6,8-10H2,1H3. The molecule has 0 saturated carbocycles. The molecule has 0 amide bonds. The summed E-state index contributed by atoms with van der Waals surface area (Å²) in [6.45, 7) is 5.77. The van der Waals surface area contributed by atoms with E-state index in [0.717, 1.165) is 12.2 Å². The minimum atomic E-state index is 0.332. The van der Waals surface area contributed by atoms with E-state index < -0.39 is 0 Å². The maximum absolute atomic E-state index is 9.43. The molecule has 3 nitrogen and oxygen atoms in total. The summed E-state index contributed by atoms with van der Waals surface area (Å²) in [5.41, 5.74) is 1.03. The van der Waals surface area contributed by atoms with E-state index in [4.69, 9.17) is 0 Å². The third-order valence-electron chi connectivity index (χ3n) is 3.48. The van der Waals surface area contributed by atoms with Crippen LogP contribution in [-0.2, 0) is 0 Å². The summed E-state index contributed by atoms with van der Waals surface area (Å²) in [6, 6.07) is 7.93. The molecule has 94 valence electrons. The first-order valence-corrected chi connectivity index (χ1v) is 6.56. The van der Waals surface area contributed by atoms with E-state index in [1.54, 1.807) is 12.1 Å². The van der Waals surface area contributed by atoms with Crippen molar-refractivity contribution in [2.24, 2.45) is 0 Å². The molecule has 0 spiro atoms. The molecule has 1 aromatic rings. The minimum Gasteiger partial charge on any atom is -0.508 e. The highest BCUT2D eigenvalue weighted by atomic mass is 16.3. The van der Waals surface area contributed by atoms with Crippen LogP contribution < -0.4 is 5.32 Å². The molecule has 0 aliphatic carbocycles. The number of hydrogen-bond donors (Lipinski definition) is 2. The van der Waals surface area contributed by atoms with Gasteiger partial charge in [-0.05, 0) is 44.5 Å². The van der Waals surface area contributed by atoms with Gasteiger partial charge in [-0.15, -0.1) is 0 Å². The summed E-state index contributed by atoms with van der Waals surface area (Å²) in [5.74, 6) is 0.332. The van der Waals surface area contributed by atoms with Gasteiger partial charge in [0, 0.05) is 24.3 Å². The van der Waals surface area contributed by atoms with Crippen molar-refractivity contribution in [3.63, 3.8) is 0 Å². The predicted molar refractivity (Wildman–Crippen MR) is 71.5 cm³/mol. The second kappa shape index (κ2) is 5.92. The first-order valence-electron chi connectivity index (χ1n) is 6.56. The van der Waals surface area contributed by atoms with Crippen molar-refractivity contribution in [3.8, 4) is 5.75 Å². The van der Waals surface area contributed by atoms with Crippen LogP contribution in [-0.4, -0.2) is 35.7 Å². The maximum Gasteiger partial charge on any atom is 0.117 e. The van der Waals surface area contributed by atoms with Crippen LogP contribution in [0.25, 0.3) is 0 Å². The summed E-state index contributed by atoms with van der Waals surface area (Å²) >= 11 is 0. The van der Waals surface area contributed by atoms with Crippen molar-refractivity contribution < 1.29 is 5.11 Å². The van der Waals surface area contributed by atoms with Crippen LogP contribution in [0.3, 0.4) is 0 Å². The third-order valence-corrected chi connectivity index (χ3v) is 3.48. The van der Waals surface area contributed by atoms with Crippen molar-refractivity contribution in [3.05, 3.63) is 24.3 Å². The second-order valence-corrected chi connectivity index (χ2v) is 4.76. The highest BCUT2D eigenvalue weighted by Gasteiger charge is 2.15. The topological polar surface area (TPSA) is 35.5 Å². The molecule has 0 radical (unpaired) electrons. The molecule has 1 aliphatic rings. The SMILES string of the molecule is CCN1CCCC(Nc2cccc(O)c2)CC1. The van der Waals surface area contributed by atoms with Crippen LogP contribution in [0.2, 0.25) is 0 Å². The van der Waals surface area contributed by atoms with E-state index in [1.165, 1.54) is 32.4 Å². The van der Waals surface area contributed by atoms with Crippen LogP contribution >= 0.6 is 0 Å². The van der Waals surface area contributed by atoms with Gasteiger partial charge < -0.3 is 15.3 Å². The molecule has 1 unspecified atom stereocenters. The van der Waals surface area contributed by atoms with E-state index in [9.17, 15) is 5.11 Å². The number of nitrogens with one attached hydrogen (secondary N) is 1. The Morgan fingerprint density at radius 3 is 3.00 bits per heavy atom. The van der Waals surface area contributed by atoms with E-state index in [1.807, 2.05) is 12.1 Å². The van der Waals surface area contributed by atoms with E-state index in [-0.39, 0.29) is 0 Å². The summed E-state index contributed by atoms with van der Waals surface area (Å²) in [5, 5.41) is 12.9. The van der Waals surface area contributed by atoms with Gasteiger partial charge in [0.25, 0.3) is 0 Å². The molecule has 2 rings (SSSR count).